The molecular weight excluding hydrogens is 442 g/mol. The second-order valence-corrected chi connectivity index (χ2v) is 11.2. The van der Waals surface area contributed by atoms with E-state index in [1.807, 2.05) is 0 Å². The summed E-state index contributed by atoms with van der Waals surface area (Å²) in [5, 5.41) is 9.88. The van der Waals surface area contributed by atoms with Crippen molar-refractivity contribution in [2.24, 2.45) is 5.92 Å². The van der Waals surface area contributed by atoms with E-state index in [1.54, 1.807) is 29.8 Å². The van der Waals surface area contributed by atoms with Gasteiger partial charge in [-0.25, -0.2) is 4.79 Å². The Kier molecular flexibility index (Phi) is 5.91. The Balaban J connectivity index is 1.35. The molecular formula is C28H35N3O4. The van der Waals surface area contributed by atoms with E-state index < -0.39 is 18.2 Å². The topological polar surface area (TPSA) is 84.5 Å². The fourth-order valence-electron chi connectivity index (χ4n) is 7.72. The number of piperidine rings is 2. The quantitative estimate of drug-likeness (QED) is 0.671. The maximum Gasteiger partial charge on any atom is 0.332 e. The first-order valence-electron chi connectivity index (χ1n) is 13.4. The minimum Gasteiger partial charge on any atom is -0.480 e. The highest BCUT2D eigenvalue weighted by atomic mass is 16.4. The average molecular weight is 478 g/mol. The van der Waals surface area contributed by atoms with Gasteiger partial charge in [-0.15, -0.1) is 0 Å². The average Bonchev–Trinajstić information content (AvgIpc) is 3.00. The SMILES string of the molecule is O=C(O)Cn1c(=O)n(C2CC3CCCC(C2)N3C2CC3=C[C@@H](CCCC3)C2)c(=O)c2ccccc21. The molecule has 1 aromatic heterocycles. The van der Waals surface area contributed by atoms with Crippen LogP contribution in [-0.2, 0) is 11.3 Å². The van der Waals surface area contributed by atoms with Crippen LogP contribution in [0.25, 0.3) is 10.9 Å². The molecule has 2 aliphatic carbocycles. The third kappa shape index (κ3) is 4.07. The summed E-state index contributed by atoms with van der Waals surface area (Å²) in [4.78, 5) is 41.4. The number of fused-ring (bicyclic) bond motifs is 4. The molecule has 0 amide bonds. The predicted octanol–water partition coefficient (Wildman–Crippen LogP) is 4.08. The Hall–Kier alpha value is -2.67. The third-order valence-corrected chi connectivity index (χ3v) is 9.03. The van der Waals surface area contributed by atoms with Gasteiger partial charge in [0.05, 0.1) is 10.9 Å². The van der Waals surface area contributed by atoms with Gasteiger partial charge in [-0.2, -0.15) is 0 Å². The first-order chi connectivity index (χ1) is 17.0. The second kappa shape index (κ2) is 9.08. The number of carboxylic acid groups (broad SMARTS) is 1. The molecule has 35 heavy (non-hydrogen) atoms. The molecule has 7 nitrogen and oxygen atoms in total. The molecule has 1 N–H and O–H groups in total. The molecule has 1 aromatic carbocycles. The Bertz CT molecular complexity index is 1280. The molecule has 2 fully saturated rings. The number of para-hydroxylation sites is 1. The van der Waals surface area contributed by atoms with Crippen LogP contribution in [0.2, 0.25) is 0 Å². The van der Waals surface area contributed by atoms with Crippen molar-refractivity contribution in [3.05, 3.63) is 56.8 Å². The van der Waals surface area contributed by atoms with Gasteiger partial charge in [-0.05, 0) is 75.8 Å². The van der Waals surface area contributed by atoms with E-state index in [9.17, 15) is 19.5 Å². The molecule has 4 atom stereocenters. The lowest BCUT2D eigenvalue weighted by Crippen LogP contribution is -2.59. The molecule has 6 rings (SSSR count). The number of carboxylic acids is 1. The number of benzene rings is 1. The number of nitrogens with zero attached hydrogens (tertiary/aromatic N) is 3. The van der Waals surface area contributed by atoms with E-state index in [0.717, 1.165) is 25.7 Å². The van der Waals surface area contributed by atoms with Crippen LogP contribution in [0, 0.1) is 5.92 Å². The summed E-state index contributed by atoms with van der Waals surface area (Å²) in [6.07, 6.45) is 15.2. The summed E-state index contributed by atoms with van der Waals surface area (Å²) < 4.78 is 2.66. The molecule has 7 heteroatoms. The van der Waals surface area contributed by atoms with Crippen LogP contribution in [0.4, 0.5) is 0 Å². The molecule has 0 saturated carbocycles. The van der Waals surface area contributed by atoms with Crippen LogP contribution in [0.15, 0.2) is 45.5 Å². The van der Waals surface area contributed by atoms with Crippen molar-refractivity contribution in [3.63, 3.8) is 0 Å². The van der Waals surface area contributed by atoms with Crippen LogP contribution in [0.1, 0.15) is 76.7 Å². The smallest absolute Gasteiger partial charge is 0.332 e. The van der Waals surface area contributed by atoms with Gasteiger partial charge in [0.2, 0.25) is 0 Å². The lowest BCUT2D eigenvalue weighted by atomic mass is 9.76. The number of rotatable bonds is 4. The van der Waals surface area contributed by atoms with Crippen LogP contribution < -0.4 is 11.2 Å². The van der Waals surface area contributed by atoms with E-state index in [2.05, 4.69) is 11.0 Å². The van der Waals surface area contributed by atoms with E-state index >= 15 is 0 Å². The highest BCUT2D eigenvalue weighted by molar-refractivity contribution is 5.79. The maximum atomic E-state index is 13.6. The summed E-state index contributed by atoms with van der Waals surface area (Å²) in [6, 6.07) is 8.04. The fourth-order valence-corrected chi connectivity index (χ4v) is 7.72. The Morgan fingerprint density at radius 2 is 1.69 bits per heavy atom. The highest BCUT2D eigenvalue weighted by Gasteiger charge is 2.44. The van der Waals surface area contributed by atoms with Crippen LogP contribution in [0.3, 0.4) is 0 Å². The van der Waals surface area contributed by atoms with Crippen LogP contribution >= 0.6 is 0 Å². The predicted molar refractivity (Wildman–Crippen MR) is 135 cm³/mol. The Morgan fingerprint density at radius 3 is 2.46 bits per heavy atom. The first kappa shape index (κ1) is 22.8. The normalized spacial score (nSPS) is 31.1. The van der Waals surface area contributed by atoms with Gasteiger partial charge in [0.15, 0.2) is 0 Å². The van der Waals surface area contributed by atoms with E-state index in [-0.39, 0.29) is 11.6 Å². The number of carbonyl (C=O) groups is 1. The maximum absolute atomic E-state index is 13.6. The zero-order chi connectivity index (χ0) is 24.1. The number of aromatic nitrogens is 2. The van der Waals surface area contributed by atoms with E-state index in [0.29, 0.717) is 34.9 Å². The zero-order valence-electron chi connectivity index (χ0n) is 20.3. The fraction of sp³-hybridized carbons (Fsp3) is 0.607. The van der Waals surface area contributed by atoms with Gasteiger partial charge in [0.25, 0.3) is 5.56 Å². The van der Waals surface area contributed by atoms with Gasteiger partial charge in [-0.3, -0.25) is 23.6 Å². The minimum absolute atomic E-state index is 0.184. The Morgan fingerprint density at radius 1 is 0.914 bits per heavy atom. The van der Waals surface area contributed by atoms with Crippen molar-refractivity contribution < 1.29 is 9.90 Å². The number of allylic oxidation sites excluding steroid dienone is 1. The number of hydrogen-bond donors (Lipinski definition) is 1. The first-order valence-corrected chi connectivity index (χ1v) is 13.4. The lowest BCUT2D eigenvalue weighted by Gasteiger charge is -2.53. The Labute approximate surface area is 205 Å². The molecule has 2 aromatic rings. The van der Waals surface area contributed by atoms with E-state index in [4.69, 9.17) is 0 Å². The summed E-state index contributed by atoms with van der Waals surface area (Å²) in [6.45, 7) is -0.441. The standard InChI is InChI=1S/C28H35N3O4/c32-26(33)17-29-25-11-4-3-10-24(25)27(34)31(28(29)35)23-15-20-8-5-9-21(16-23)30(20)22-13-18-6-1-2-7-19(12-18)14-22/h3-4,10-12,18,20-23H,1-2,5-9,13-17H2,(H,32,33)/t18-,20?,21?,22?,23?/m1/s1. The van der Waals surface area contributed by atoms with Crippen molar-refractivity contribution >= 4 is 16.9 Å². The van der Waals surface area contributed by atoms with Gasteiger partial charge >= 0.3 is 11.7 Å². The lowest BCUT2D eigenvalue weighted by molar-refractivity contribution is -0.137. The highest BCUT2D eigenvalue weighted by Crippen LogP contribution is 2.44. The van der Waals surface area contributed by atoms with Gasteiger partial charge < -0.3 is 5.11 Å². The largest absolute Gasteiger partial charge is 0.480 e. The van der Waals surface area contributed by atoms with Crippen LogP contribution in [-0.4, -0.2) is 43.2 Å². The number of aliphatic carboxylic acids is 1. The van der Waals surface area contributed by atoms with Crippen molar-refractivity contribution in [2.45, 2.75) is 101 Å². The molecule has 3 heterocycles. The summed E-state index contributed by atoms with van der Waals surface area (Å²) >= 11 is 0. The molecule has 4 aliphatic rings. The van der Waals surface area contributed by atoms with E-state index in [1.165, 1.54) is 54.1 Å². The molecule has 4 bridgehead atoms. The van der Waals surface area contributed by atoms with Crippen LogP contribution in [0.5, 0.6) is 0 Å². The molecule has 3 unspecified atom stereocenters. The third-order valence-electron chi connectivity index (χ3n) is 9.03. The summed E-state index contributed by atoms with van der Waals surface area (Å²) in [7, 11) is 0. The van der Waals surface area contributed by atoms with Gasteiger partial charge in [0, 0.05) is 24.2 Å². The van der Waals surface area contributed by atoms with Crippen molar-refractivity contribution in [2.75, 3.05) is 0 Å². The molecule has 0 radical (unpaired) electrons. The van der Waals surface area contributed by atoms with Crippen molar-refractivity contribution in [3.8, 4) is 0 Å². The monoisotopic (exact) mass is 477 g/mol. The molecule has 2 aliphatic heterocycles. The zero-order valence-corrected chi connectivity index (χ0v) is 20.3. The van der Waals surface area contributed by atoms with Crippen molar-refractivity contribution in [1.82, 2.24) is 14.0 Å². The summed E-state index contributed by atoms with van der Waals surface area (Å²) in [5.41, 5.74) is 1.28. The van der Waals surface area contributed by atoms with Crippen molar-refractivity contribution in [1.29, 1.82) is 0 Å². The van der Waals surface area contributed by atoms with Gasteiger partial charge in [0.1, 0.15) is 6.54 Å². The minimum atomic E-state index is -1.08. The molecule has 0 spiro atoms. The van der Waals surface area contributed by atoms with Gasteiger partial charge in [-0.1, -0.05) is 36.6 Å². The molecule has 2 saturated heterocycles. The second-order valence-electron chi connectivity index (χ2n) is 11.2. The number of hydrogen-bond acceptors (Lipinski definition) is 4. The summed E-state index contributed by atoms with van der Waals surface area (Å²) in [5.74, 6) is -0.377. The molecule has 186 valence electrons.